The zero-order chi connectivity index (χ0) is 23.1. The highest BCUT2D eigenvalue weighted by molar-refractivity contribution is 6.23. The third-order valence-electron chi connectivity index (χ3n) is 5.71. The Bertz CT molecular complexity index is 1360. The molecule has 0 aliphatic carbocycles. The van der Waals surface area contributed by atoms with Crippen LogP contribution < -0.4 is 10.1 Å². The molecular weight excluding hydrogens is 420 g/mol. The van der Waals surface area contributed by atoms with E-state index in [1.807, 2.05) is 41.1 Å². The van der Waals surface area contributed by atoms with Crippen molar-refractivity contribution in [1.82, 2.24) is 14.3 Å². The molecule has 1 aliphatic heterocycles. The lowest BCUT2D eigenvalue weighted by molar-refractivity contribution is -0.119. The second-order valence-electron chi connectivity index (χ2n) is 7.70. The summed E-state index contributed by atoms with van der Waals surface area (Å²) in [6.45, 7) is 1.52. The second kappa shape index (κ2) is 7.90. The summed E-state index contributed by atoms with van der Waals surface area (Å²) in [6, 6.07) is 16.6. The van der Waals surface area contributed by atoms with E-state index in [0.29, 0.717) is 22.6 Å². The lowest BCUT2D eigenvalue weighted by Gasteiger charge is -2.22. The van der Waals surface area contributed by atoms with Gasteiger partial charge in [0.25, 0.3) is 11.8 Å². The molecule has 0 fully saturated rings. The van der Waals surface area contributed by atoms with Crippen LogP contribution >= 0.6 is 0 Å². The first-order valence-corrected chi connectivity index (χ1v) is 10.4. The molecule has 2 aromatic heterocycles. The number of rotatable bonds is 5. The van der Waals surface area contributed by atoms with Gasteiger partial charge in [-0.3, -0.25) is 19.3 Å². The van der Waals surface area contributed by atoms with Gasteiger partial charge in [0, 0.05) is 18.0 Å². The van der Waals surface area contributed by atoms with Crippen LogP contribution in [0.2, 0.25) is 0 Å². The average Bonchev–Trinajstić information content (AvgIpc) is 3.38. The topological polar surface area (TPSA) is 93.0 Å². The molecule has 33 heavy (non-hydrogen) atoms. The number of aromatic nitrogens is 2. The normalized spacial score (nSPS) is 13.8. The first-order valence-electron chi connectivity index (χ1n) is 10.4. The lowest BCUT2D eigenvalue weighted by atomic mass is 10.1. The number of nitrogens with zero attached hydrogens (tertiary/aromatic N) is 3. The van der Waals surface area contributed by atoms with Crippen molar-refractivity contribution in [3.8, 4) is 17.0 Å². The Kier molecular flexibility index (Phi) is 4.90. The Balaban J connectivity index is 1.42. The number of hydrogen-bond acceptors (Lipinski definition) is 5. The van der Waals surface area contributed by atoms with Gasteiger partial charge in [0.2, 0.25) is 5.91 Å². The van der Waals surface area contributed by atoms with E-state index in [9.17, 15) is 14.4 Å². The molecule has 0 spiro atoms. The monoisotopic (exact) mass is 440 g/mol. The maximum absolute atomic E-state index is 13.1. The molecule has 8 heteroatoms. The van der Waals surface area contributed by atoms with E-state index in [2.05, 4.69) is 10.3 Å². The van der Waals surface area contributed by atoms with Crippen molar-refractivity contribution in [3.05, 3.63) is 84.2 Å². The quantitative estimate of drug-likeness (QED) is 0.479. The van der Waals surface area contributed by atoms with Gasteiger partial charge >= 0.3 is 0 Å². The van der Waals surface area contributed by atoms with E-state index in [4.69, 9.17) is 4.74 Å². The first kappa shape index (κ1) is 20.4. The Hall–Kier alpha value is -4.46. The molecule has 0 saturated carbocycles. The van der Waals surface area contributed by atoms with Gasteiger partial charge in [-0.2, -0.15) is 0 Å². The van der Waals surface area contributed by atoms with Crippen molar-refractivity contribution in [1.29, 1.82) is 0 Å². The Morgan fingerprint density at radius 3 is 2.36 bits per heavy atom. The molecule has 164 valence electrons. The van der Waals surface area contributed by atoms with Crippen molar-refractivity contribution in [2.24, 2.45) is 0 Å². The average molecular weight is 440 g/mol. The number of pyridine rings is 1. The van der Waals surface area contributed by atoms with Gasteiger partial charge in [0.05, 0.1) is 29.6 Å². The number of methoxy groups -OCH3 is 1. The van der Waals surface area contributed by atoms with Crippen LogP contribution in [0.25, 0.3) is 16.9 Å². The third-order valence-corrected chi connectivity index (χ3v) is 5.71. The third kappa shape index (κ3) is 3.41. The number of nitrogens with one attached hydrogen (secondary N) is 1. The number of carbonyl (C=O) groups is 3. The molecular formula is C25H20N4O4. The van der Waals surface area contributed by atoms with Crippen LogP contribution in [-0.4, -0.2) is 45.2 Å². The molecule has 1 aliphatic rings. The van der Waals surface area contributed by atoms with Crippen LogP contribution in [-0.2, 0) is 4.79 Å². The van der Waals surface area contributed by atoms with Gasteiger partial charge in [-0.05, 0) is 49.4 Å². The maximum atomic E-state index is 13.1. The SMILES string of the molecule is COc1ccc(-c2cn3ccccc3n2)cc1NC(=O)C(C)N1C(=O)c2ccccc2C1=O. The van der Waals surface area contributed by atoms with E-state index in [0.717, 1.165) is 21.8 Å². The molecule has 0 bridgehead atoms. The number of fused-ring (bicyclic) bond motifs is 2. The highest BCUT2D eigenvalue weighted by Crippen LogP contribution is 2.31. The Labute approximate surface area is 189 Å². The molecule has 2 aromatic carbocycles. The van der Waals surface area contributed by atoms with Crippen LogP contribution in [0.5, 0.6) is 5.75 Å². The first-order chi connectivity index (χ1) is 16.0. The molecule has 3 heterocycles. The number of hydrogen-bond donors (Lipinski definition) is 1. The van der Waals surface area contributed by atoms with Crippen molar-refractivity contribution in [2.75, 3.05) is 12.4 Å². The number of anilines is 1. The van der Waals surface area contributed by atoms with E-state index in [1.165, 1.54) is 14.0 Å². The number of amides is 3. The minimum Gasteiger partial charge on any atom is -0.495 e. The molecule has 1 unspecified atom stereocenters. The predicted octanol–water partition coefficient (Wildman–Crippen LogP) is 3.63. The van der Waals surface area contributed by atoms with E-state index in [-0.39, 0.29) is 0 Å². The van der Waals surface area contributed by atoms with E-state index in [1.54, 1.807) is 36.4 Å². The van der Waals surface area contributed by atoms with Crippen LogP contribution in [0.1, 0.15) is 27.6 Å². The van der Waals surface area contributed by atoms with Crippen molar-refractivity contribution in [3.63, 3.8) is 0 Å². The Morgan fingerprint density at radius 2 is 1.70 bits per heavy atom. The summed E-state index contributed by atoms with van der Waals surface area (Å²) in [7, 11) is 1.50. The van der Waals surface area contributed by atoms with Gasteiger partial charge in [0.1, 0.15) is 17.4 Å². The summed E-state index contributed by atoms with van der Waals surface area (Å²) in [5.74, 6) is -1.02. The van der Waals surface area contributed by atoms with Crippen molar-refractivity contribution >= 4 is 29.1 Å². The summed E-state index contributed by atoms with van der Waals surface area (Å²) in [6.07, 6.45) is 3.80. The highest BCUT2D eigenvalue weighted by atomic mass is 16.5. The number of imidazole rings is 1. The summed E-state index contributed by atoms with van der Waals surface area (Å²) in [4.78, 5) is 44.1. The smallest absolute Gasteiger partial charge is 0.262 e. The fourth-order valence-corrected chi connectivity index (χ4v) is 3.95. The molecule has 0 radical (unpaired) electrons. The maximum Gasteiger partial charge on any atom is 0.262 e. The zero-order valence-corrected chi connectivity index (χ0v) is 18.0. The summed E-state index contributed by atoms with van der Waals surface area (Å²) < 4.78 is 7.31. The second-order valence-corrected chi connectivity index (χ2v) is 7.70. The van der Waals surface area contributed by atoms with Crippen LogP contribution in [0, 0.1) is 0 Å². The lowest BCUT2D eigenvalue weighted by Crippen LogP contribution is -2.45. The summed E-state index contributed by atoms with van der Waals surface area (Å²) in [5.41, 5.74) is 3.33. The predicted molar refractivity (Wildman–Crippen MR) is 122 cm³/mol. The largest absolute Gasteiger partial charge is 0.495 e. The molecule has 0 saturated heterocycles. The van der Waals surface area contributed by atoms with Gasteiger partial charge < -0.3 is 14.5 Å². The summed E-state index contributed by atoms with van der Waals surface area (Å²) in [5, 5.41) is 2.81. The van der Waals surface area contributed by atoms with Gasteiger partial charge in [-0.25, -0.2) is 4.98 Å². The van der Waals surface area contributed by atoms with E-state index >= 15 is 0 Å². The molecule has 5 rings (SSSR count). The highest BCUT2D eigenvalue weighted by Gasteiger charge is 2.40. The van der Waals surface area contributed by atoms with Gasteiger partial charge in [-0.1, -0.05) is 18.2 Å². The standard InChI is InChI=1S/C25H20N4O4/c1-15(29-24(31)17-7-3-4-8-18(17)25(29)32)23(30)27-19-13-16(10-11-21(19)33-2)20-14-28-12-6-5-9-22(28)26-20/h3-15H,1-2H3,(H,27,30). The Morgan fingerprint density at radius 1 is 1.00 bits per heavy atom. The molecule has 1 atom stereocenters. The molecule has 1 N–H and O–H groups in total. The number of imide groups is 1. The molecule has 3 amide bonds. The van der Waals surface area contributed by atoms with Gasteiger partial charge in [0.15, 0.2) is 0 Å². The molecule has 8 nitrogen and oxygen atoms in total. The van der Waals surface area contributed by atoms with Crippen LogP contribution in [0.4, 0.5) is 5.69 Å². The van der Waals surface area contributed by atoms with Gasteiger partial charge in [-0.15, -0.1) is 0 Å². The van der Waals surface area contributed by atoms with Crippen LogP contribution in [0.15, 0.2) is 73.1 Å². The molecule has 4 aromatic rings. The number of carbonyl (C=O) groups excluding carboxylic acids is 3. The minimum atomic E-state index is -1.01. The van der Waals surface area contributed by atoms with E-state index < -0.39 is 23.8 Å². The fourth-order valence-electron chi connectivity index (χ4n) is 3.95. The van der Waals surface area contributed by atoms with Crippen molar-refractivity contribution in [2.45, 2.75) is 13.0 Å². The van der Waals surface area contributed by atoms with Crippen LogP contribution in [0.3, 0.4) is 0 Å². The minimum absolute atomic E-state index is 0.300. The number of ether oxygens (including phenoxy) is 1. The summed E-state index contributed by atoms with van der Waals surface area (Å²) >= 11 is 0. The zero-order valence-electron chi connectivity index (χ0n) is 18.0. The van der Waals surface area contributed by atoms with Crippen molar-refractivity contribution < 1.29 is 19.1 Å². The number of benzene rings is 2. The fraction of sp³-hybridized carbons (Fsp3) is 0.120.